The number of ether oxygens (including phenoxy) is 1. The molecule has 0 radical (unpaired) electrons. The molecule has 1 aromatic heterocycles. The van der Waals surface area contributed by atoms with Crippen LogP contribution in [0.1, 0.15) is 37.7 Å². The topological polar surface area (TPSA) is 74.3 Å². The molecular formula is C23H23ClN2O3. The van der Waals surface area contributed by atoms with Crippen molar-refractivity contribution in [1.29, 1.82) is 0 Å². The number of aromatic nitrogens is 1. The van der Waals surface area contributed by atoms with E-state index in [9.17, 15) is 9.59 Å². The van der Waals surface area contributed by atoms with Gasteiger partial charge in [0, 0.05) is 34.2 Å². The maximum Gasteiger partial charge on any atom is 0.338 e. The van der Waals surface area contributed by atoms with Gasteiger partial charge < -0.3 is 15.0 Å². The van der Waals surface area contributed by atoms with Gasteiger partial charge in [-0.1, -0.05) is 23.7 Å². The second-order valence-corrected chi connectivity index (χ2v) is 7.37. The van der Waals surface area contributed by atoms with Crippen LogP contribution in [-0.2, 0) is 17.7 Å². The van der Waals surface area contributed by atoms with Crippen LogP contribution in [-0.4, -0.2) is 22.9 Å². The summed E-state index contributed by atoms with van der Waals surface area (Å²) < 4.78 is 7.28. The molecule has 0 amide bonds. The summed E-state index contributed by atoms with van der Waals surface area (Å²) in [7, 11) is 0. The Bertz CT molecular complexity index is 1020. The third-order valence-electron chi connectivity index (χ3n) is 4.89. The lowest BCUT2D eigenvalue weighted by atomic mass is 10.1. The van der Waals surface area contributed by atoms with Crippen LogP contribution in [0.5, 0.6) is 0 Å². The fraction of sp³-hybridized carbons (Fsp3) is 0.217. The number of esters is 1. The summed E-state index contributed by atoms with van der Waals surface area (Å²) in [6.07, 6.45) is 0.827. The molecule has 29 heavy (non-hydrogen) atoms. The standard InChI is InChI=1S/C23H23ClN2O3/c1-15-13-21(16(2)26(15)12-11-17-3-7-19(24)8-4-17)22(27)14-29-23(28)18-5-9-20(25)10-6-18/h3-10,13H,11-12,14,25H2,1-2H3. The predicted molar refractivity (Wildman–Crippen MR) is 115 cm³/mol. The molecule has 5 nitrogen and oxygen atoms in total. The van der Waals surface area contributed by atoms with Gasteiger partial charge in [0.1, 0.15) is 0 Å². The molecule has 0 spiro atoms. The predicted octanol–water partition coefficient (Wildman–Crippen LogP) is 4.62. The van der Waals surface area contributed by atoms with Crippen molar-refractivity contribution < 1.29 is 14.3 Å². The monoisotopic (exact) mass is 410 g/mol. The number of nitrogen functional groups attached to an aromatic ring is 1. The normalized spacial score (nSPS) is 10.7. The summed E-state index contributed by atoms with van der Waals surface area (Å²) in [5.74, 6) is -0.769. The first-order valence-corrected chi connectivity index (χ1v) is 9.70. The van der Waals surface area contributed by atoms with Crippen LogP contribution in [0.25, 0.3) is 0 Å². The number of nitrogens with zero attached hydrogens (tertiary/aromatic N) is 1. The summed E-state index contributed by atoms with van der Waals surface area (Å²) in [6, 6.07) is 16.0. The van der Waals surface area contributed by atoms with Gasteiger partial charge in [-0.3, -0.25) is 4.79 Å². The number of nitrogens with two attached hydrogens (primary N) is 1. The highest BCUT2D eigenvalue weighted by molar-refractivity contribution is 6.30. The molecule has 0 unspecified atom stereocenters. The zero-order valence-corrected chi connectivity index (χ0v) is 17.2. The van der Waals surface area contributed by atoms with Crippen LogP contribution in [0.4, 0.5) is 5.69 Å². The number of ketones is 1. The molecule has 6 heteroatoms. The van der Waals surface area contributed by atoms with E-state index in [2.05, 4.69) is 4.57 Å². The van der Waals surface area contributed by atoms with Crippen LogP contribution in [0.15, 0.2) is 54.6 Å². The van der Waals surface area contributed by atoms with E-state index < -0.39 is 5.97 Å². The fourth-order valence-electron chi connectivity index (χ4n) is 3.23. The first-order chi connectivity index (χ1) is 13.8. The molecule has 3 rings (SSSR count). The van der Waals surface area contributed by atoms with E-state index in [4.69, 9.17) is 22.1 Å². The fourth-order valence-corrected chi connectivity index (χ4v) is 3.36. The Morgan fingerprint density at radius 2 is 1.69 bits per heavy atom. The van der Waals surface area contributed by atoms with Crippen LogP contribution >= 0.6 is 11.6 Å². The third-order valence-corrected chi connectivity index (χ3v) is 5.14. The molecule has 0 aliphatic rings. The highest BCUT2D eigenvalue weighted by Crippen LogP contribution is 2.18. The highest BCUT2D eigenvalue weighted by Gasteiger charge is 2.18. The maximum atomic E-state index is 12.6. The number of hydrogen-bond acceptors (Lipinski definition) is 4. The Hall–Kier alpha value is -3.05. The molecule has 3 aromatic rings. The highest BCUT2D eigenvalue weighted by atomic mass is 35.5. The molecule has 0 atom stereocenters. The second-order valence-electron chi connectivity index (χ2n) is 6.93. The number of rotatable bonds is 7. The molecule has 0 bridgehead atoms. The van der Waals surface area contributed by atoms with E-state index >= 15 is 0 Å². The van der Waals surface area contributed by atoms with Crippen molar-refractivity contribution in [2.24, 2.45) is 0 Å². The minimum atomic E-state index is -0.546. The minimum Gasteiger partial charge on any atom is -0.454 e. The van der Waals surface area contributed by atoms with Crippen LogP contribution in [0, 0.1) is 13.8 Å². The quantitative estimate of drug-likeness (QED) is 0.350. The first kappa shape index (κ1) is 20.7. The second kappa shape index (κ2) is 8.97. The van der Waals surface area contributed by atoms with Gasteiger partial charge >= 0.3 is 5.97 Å². The SMILES string of the molecule is Cc1cc(C(=O)COC(=O)c2ccc(N)cc2)c(C)n1CCc1ccc(Cl)cc1. The Kier molecular flexibility index (Phi) is 6.39. The summed E-state index contributed by atoms with van der Waals surface area (Å²) in [5, 5.41) is 0.712. The minimum absolute atomic E-state index is 0.223. The van der Waals surface area contributed by atoms with Gasteiger partial charge in [0.05, 0.1) is 5.56 Å². The largest absolute Gasteiger partial charge is 0.454 e. The smallest absolute Gasteiger partial charge is 0.338 e. The number of hydrogen-bond donors (Lipinski definition) is 1. The molecule has 0 aliphatic carbocycles. The van der Waals surface area contributed by atoms with Gasteiger partial charge in [-0.2, -0.15) is 0 Å². The van der Waals surface area contributed by atoms with Gasteiger partial charge in [-0.15, -0.1) is 0 Å². The molecule has 0 aliphatic heterocycles. The molecule has 150 valence electrons. The molecule has 2 N–H and O–H groups in total. The zero-order valence-electron chi connectivity index (χ0n) is 16.4. The van der Waals surface area contributed by atoms with Crippen molar-refractivity contribution in [3.05, 3.63) is 87.7 Å². The van der Waals surface area contributed by atoms with E-state index in [1.165, 1.54) is 5.56 Å². The Morgan fingerprint density at radius 3 is 2.34 bits per heavy atom. The number of carbonyl (C=O) groups excluding carboxylic acids is 2. The summed E-state index contributed by atoms with van der Waals surface area (Å²) in [6.45, 7) is 4.32. The van der Waals surface area contributed by atoms with Crippen LogP contribution in [0.3, 0.4) is 0 Å². The van der Waals surface area contributed by atoms with Gasteiger partial charge in [0.2, 0.25) is 5.78 Å². The van der Waals surface area contributed by atoms with Crippen LogP contribution < -0.4 is 5.73 Å². The first-order valence-electron chi connectivity index (χ1n) is 9.32. The number of Topliss-reactive ketones (excluding diaryl/α,β-unsaturated/α-hetero) is 1. The zero-order chi connectivity index (χ0) is 21.0. The van der Waals surface area contributed by atoms with Crippen molar-refractivity contribution in [1.82, 2.24) is 4.57 Å². The summed E-state index contributed by atoms with van der Waals surface area (Å²) >= 11 is 5.93. The summed E-state index contributed by atoms with van der Waals surface area (Å²) in [5.41, 5.74) is 10.1. The van der Waals surface area contributed by atoms with Gasteiger partial charge in [-0.05, 0) is 68.3 Å². The molecule has 0 saturated carbocycles. The maximum absolute atomic E-state index is 12.6. The van der Waals surface area contributed by atoms with E-state index in [-0.39, 0.29) is 12.4 Å². The molecule has 0 saturated heterocycles. The van der Waals surface area contributed by atoms with Gasteiger partial charge in [0.15, 0.2) is 6.61 Å². The van der Waals surface area contributed by atoms with Gasteiger partial charge in [0.25, 0.3) is 0 Å². The molecular weight excluding hydrogens is 388 g/mol. The van der Waals surface area contributed by atoms with E-state index in [1.54, 1.807) is 24.3 Å². The lowest BCUT2D eigenvalue weighted by molar-refractivity contribution is 0.0474. The van der Waals surface area contributed by atoms with E-state index in [0.717, 1.165) is 24.4 Å². The Balaban J connectivity index is 1.63. The average molecular weight is 411 g/mol. The number of benzene rings is 2. The van der Waals surface area contributed by atoms with Crippen molar-refractivity contribution in [3.8, 4) is 0 Å². The third kappa shape index (κ3) is 5.06. The van der Waals surface area contributed by atoms with E-state index in [1.807, 2.05) is 44.2 Å². The summed E-state index contributed by atoms with van der Waals surface area (Å²) in [4.78, 5) is 24.7. The van der Waals surface area contributed by atoms with Crippen molar-refractivity contribution in [3.63, 3.8) is 0 Å². The number of aryl methyl sites for hydroxylation is 2. The number of halogens is 1. The molecule has 2 aromatic carbocycles. The van der Waals surface area contributed by atoms with Gasteiger partial charge in [-0.25, -0.2) is 4.79 Å². The molecule has 0 fully saturated rings. The lowest BCUT2D eigenvalue weighted by Crippen LogP contribution is -2.15. The molecule has 1 heterocycles. The number of carbonyl (C=O) groups is 2. The lowest BCUT2D eigenvalue weighted by Gasteiger charge is -2.10. The van der Waals surface area contributed by atoms with Crippen molar-refractivity contribution in [2.75, 3.05) is 12.3 Å². The van der Waals surface area contributed by atoms with Crippen molar-refractivity contribution in [2.45, 2.75) is 26.8 Å². The Labute approximate surface area is 175 Å². The van der Waals surface area contributed by atoms with E-state index in [0.29, 0.717) is 21.8 Å². The Morgan fingerprint density at radius 1 is 1.03 bits per heavy atom. The van der Waals surface area contributed by atoms with Crippen LogP contribution in [0.2, 0.25) is 5.02 Å². The average Bonchev–Trinajstić information content (AvgIpc) is 3.00. The van der Waals surface area contributed by atoms with Crippen molar-refractivity contribution >= 4 is 29.0 Å². The number of anilines is 1.